The third kappa shape index (κ3) is 2.41. The molecule has 1 aromatic carbocycles. The minimum absolute atomic E-state index is 0.277. The first-order chi connectivity index (χ1) is 8.20. The standard InChI is InChI=1S/C11H11FN4O/c1-17-11-9(13)10(14-6-15-11)16-8-4-2-3-7(12)5-8/h2-6H,13H2,1H3,(H,14,15,16). The van der Waals surface area contributed by atoms with Crippen molar-refractivity contribution in [3.05, 3.63) is 36.4 Å². The first-order valence-electron chi connectivity index (χ1n) is 4.88. The quantitative estimate of drug-likeness (QED) is 0.849. The monoisotopic (exact) mass is 234 g/mol. The molecular weight excluding hydrogens is 223 g/mol. The van der Waals surface area contributed by atoms with Crippen molar-refractivity contribution >= 4 is 17.2 Å². The Bertz CT molecular complexity index is 533. The van der Waals surface area contributed by atoms with Crippen molar-refractivity contribution in [3.8, 4) is 5.88 Å². The number of halogens is 1. The molecule has 5 nitrogen and oxygen atoms in total. The van der Waals surface area contributed by atoms with Crippen molar-refractivity contribution < 1.29 is 9.13 Å². The zero-order valence-electron chi connectivity index (χ0n) is 9.14. The molecule has 0 bridgehead atoms. The fraction of sp³-hybridized carbons (Fsp3) is 0.0909. The molecule has 0 saturated carbocycles. The molecule has 0 fully saturated rings. The molecule has 0 radical (unpaired) electrons. The van der Waals surface area contributed by atoms with E-state index in [1.807, 2.05) is 0 Å². The second kappa shape index (κ2) is 4.65. The van der Waals surface area contributed by atoms with Crippen LogP contribution in [0.4, 0.5) is 21.6 Å². The fourth-order valence-corrected chi connectivity index (χ4v) is 1.34. The number of anilines is 3. The van der Waals surface area contributed by atoms with Gasteiger partial charge in [0.15, 0.2) is 5.82 Å². The molecule has 0 aliphatic carbocycles. The Morgan fingerprint density at radius 1 is 1.35 bits per heavy atom. The summed E-state index contributed by atoms with van der Waals surface area (Å²) >= 11 is 0. The number of ether oxygens (including phenoxy) is 1. The Balaban J connectivity index is 2.30. The Morgan fingerprint density at radius 2 is 2.18 bits per heavy atom. The molecule has 0 spiro atoms. The lowest BCUT2D eigenvalue weighted by Crippen LogP contribution is -2.03. The smallest absolute Gasteiger partial charge is 0.242 e. The fourth-order valence-electron chi connectivity index (χ4n) is 1.34. The maximum atomic E-state index is 13.0. The number of nitrogen functional groups attached to an aromatic ring is 1. The van der Waals surface area contributed by atoms with Crippen molar-refractivity contribution in [2.75, 3.05) is 18.2 Å². The zero-order chi connectivity index (χ0) is 12.3. The normalized spacial score (nSPS) is 10.0. The van der Waals surface area contributed by atoms with E-state index in [2.05, 4.69) is 15.3 Å². The van der Waals surface area contributed by atoms with E-state index in [9.17, 15) is 4.39 Å². The van der Waals surface area contributed by atoms with Gasteiger partial charge in [0.1, 0.15) is 17.8 Å². The number of aromatic nitrogens is 2. The summed E-state index contributed by atoms with van der Waals surface area (Å²) in [6.07, 6.45) is 1.32. The number of hydrogen-bond acceptors (Lipinski definition) is 5. The van der Waals surface area contributed by atoms with E-state index in [-0.39, 0.29) is 17.4 Å². The molecule has 88 valence electrons. The average molecular weight is 234 g/mol. The number of rotatable bonds is 3. The minimum Gasteiger partial charge on any atom is -0.479 e. The van der Waals surface area contributed by atoms with Crippen LogP contribution in [0.15, 0.2) is 30.6 Å². The van der Waals surface area contributed by atoms with Crippen molar-refractivity contribution in [1.82, 2.24) is 9.97 Å². The molecule has 1 aromatic heterocycles. The molecule has 0 aliphatic rings. The van der Waals surface area contributed by atoms with E-state index in [1.165, 1.54) is 25.6 Å². The molecule has 6 heteroatoms. The van der Waals surface area contributed by atoms with Gasteiger partial charge in [-0.05, 0) is 18.2 Å². The molecule has 0 amide bonds. The molecule has 0 unspecified atom stereocenters. The van der Waals surface area contributed by atoms with Crippen molar-refractivity contribution in [2.24, 2.45) is 0 Å². The molecule has 3 N–H and O–H groups in total. The van der Waals surface area contributed by atoms with Crippen molar-refractivity contribution in [3.63, 3.8) is 0 Å². The lowest BCUT2D eigenvalue weighted by Gasteiger charge is -2.09. The second-order valence-electron chi connectivity index (χ2n) is 3.28. The van der Waals surface area contributed by atoms with E-state index < -0.39 is 0 Å². The zero-order valence-corrected chi connectivity index (χ0v) is 9.14. The van der Waals surface area contributed by atoms with Gasteiger partial charge in [0.25, 0.3) is 0 Å². The number of hydrogen-bond donors (Lipinski definition) is 2. The number of benzene rings is 1. The summed E-state index contributed by atoms with van der Waals surface area (Å²) in [7, 11) is 1.46. The molecule has 1 heterocycles. The number of nitrogens with one attached hydrogen (secondary N) is 1. The molecule has 0 saturated heterocycles. The van der Waals surface area contributed by atoms with Crippen LogP contribution in [0, 0.1) is 5.82 Å². The molecular formula is C11H11FN4O. The van der Waals surface area contributed by atoms with Gasteiger partial charge in [0, 0.05) is 5.69 Å². The Kier molecular flexibility index (Phi) is 3.04. The molecule has 0 aliphatic heterocycles. The highest BCUT2D eigenvalue weighted by Crippen LogP contribution is 2.26. The maximum absolute atomic E-state index is 13.0. The predicted molar refractivity (Wildman–Crippen MR) is 62.7 cm³/mol. The minimum atomic E-state index is -0.338. The lowest BCUT2D eigenvalue weighted by molar-refractivity contribution is 0.399. The highest BCUT2D eigenvalue weighted by molar-refractivity contribution is 5.71. The topological polar surface area (TPSA) is 73.1 Å². The summed E-state index contributed by atoms with van der Waals surface area (Å²) in [5.41, 5.74) is 6.60. The van der Waals surface area contributed by atoms with Gasteiger partial charge in [-0.3, -0.25) is 0 Å². The molecule has 17 heavy (non-hydrogen) atoms. The molecule has 2 rings (SSSR count). The Labute approximate surface area is 97.5 Å². The van der Waals surface area contributed by atoms with Gasteiger partial charge in [0.05, 0.1) is 7.11 Å². The lowest BCUT2D eigenvalue weighted by atomic mass is 10.3. The van der Waals surface area contributed by atoms with E-state index in [4.69, 9.17) is 10.5 Å². The summed E-state index contributed by atoms with van der Waals surface area (Å²) in [6.45, 7) is 0. The van der Waals surface area contributed by atoms with Gasteiger partial charge in [-0.15, -0.1) is 0 Å². The van der Waals surface area contributed by atoms with Crippen LogP contribution in [-0.2, 0) is 0 Å². The molecule has 0 atom stereocenters. The summed E-state index contributed by atoms with van der Waals surface area (Å²) in [6, 6.07) is 5.99. The van der Waals surface area contributed by atoms with Gasteiger partial charge in [-0.25, -0.2) is 9.37 Å². The van der Waals surface area contributed by atoms with Crippen LogP contribution in [-0.4, -0.2) is 17.1 Å². The summed E-state index contributed by atoms with van der Waals surface area (Å²) < 4.78 is 17.9. The van der Waals surface area contributed by atoms with Crippen LogP contribution < -0.4 is 15.8 Å². The highest BCUT2D eigenvalue weighted by Gasteiger charge is 2.08. The van der Waals surface area contributed by atoms with Crippen LogP contribution in [0.1, 0.15) is 0 Å². The van der Waals surface area contributed by atoms with Gasteiger partial charge < -0.3 is 15.8 Å². The van der Waals surface area contributed by atoms with Crippen LogP contribution in [0.25, 0.3) is 0 Å². The van der Waals surface area contributed by atoms with Gasteiger partial charge >= 0.3 is 0 Å². The number of methoxy groups -OCH3 is 1. The maximum Gasteiger partial charge on any atom is 0.242 e. The summed E-state index contributed by atoms with van der Waals surface area (Å²) in [5, 5.41) is 2.89. The van der Waals surface area contributed by atoms with E-state index in [0.717, 1.165) is 0 Å². The third-order valence-corrected chi connectivity index (χ3v) is 2.13. The largest absolute Gasteiger partial charge is 0.479 e. The average Bonchev–Trinajstić information content (AvgIpc) is 2.32. The van der Waals surface area contributed by atoms with E-state index in [0.29, 0.717) is 11.5 Å². The van der Waals surface area contributed by atoms with Gasteiger partial charge in [-0.1, -0.05) is 6.07 Å². The van der Waals surface area contributed by atoms with Crippen molar-refractivity contribution in [1.29, 1.82) is 0 Å². The summed E-state index contributed by atoms with van der Waals surface area (Å²) in [4.78, 5) is 7.81. The SMILES string of the molecule is COc1ncnc(Nc2cccc(F)c2)c1N. The Hall–Kier alpha value is -2.37. The Morgan fingerprint density at radius 3 is 2.88 bits per heavy atom. The first kappa shape index (κ1) is 11.1. The first-order valence-corrected chi connectivity index (χ1v) is 4.88. The van der Waals surface area contributed by atoms with Crippen LogP contribution in [0.3, 0.4) is 0 Å². The van der Waals surface area contributed by atoms with Gasteiger partial charge in [-0.2, -0.15) is 4.98 Å². The van der Waals surface area contributed by atoms with Gasteiger partial charge in [0.2, 0.25) is 5.88 Å². The van der Waals surface area contributed by atoms with E-state index >= 15 is 0 Å². The van der Waals surface area contributed by atoms with E-state index in [1.54, 1.807) is 12.1 Å². The van der Waals surface area contributed by atoms with Crippen LogP contribution in [0.5, 0.6) is 5.88 Å². The number of nitrogens with zero attached hydrogens (tertiary/aromatic N) is 2. The third-order valence-electron chi connectivity index (χ3n) is 2.13. The molecule has 2 aromatic rings. The van der Waals surface area contributed by atoms with Crippen LogP contribution >= 0.6 is 0 Å². The van der Waals surface area contributed by atoms with Crippen LogP contribution in [0.2, 0.25) is 0 Å². The predicted octanol–water partition coefficient (Wildman–Crippen LogP) is 1.95. The highest BCUT2D eigenvalue weighted by atomic mass is 19.1. The number of nitrogens with two attached hydrogens (primary N) is 1. The van der Waals surface area contributed by atoms with Crippen molar-refractivity contribution in [2.45, 2.75) is 0 Å². The second-order valence-corrected chi connectivity index (χ2v) is 3.28. The summed E-state index contributed by atoms with van der Waals surface area (Å²) in [5.74, 6) is 0.316.